The monoisotopic (exact) mass is 434 g/mol. The van der Waals surface area contributed by atoms with Crippen molar-refractivity contribution in [2.24, 2.45) is 0 Å². The molecule has 33 heavy (non-hydrogen) atoms. The molecule has 164 valence electrons. The molecule has 5 aromatic rings. The predicted molar refractivity (Wildman–Crippen MR) is 132 cm³/mol. The first-order valence-corrected chi connectivity index (χ1v) is 11.2. The first kappa shape index (κ1) is 20.8. The molecule has 0 radical (unpaired) electrons. The zero-order valence-corrected chi connectivity index (χ0v) is 18.3. The van der Waals surface area contributed by atoms with Gasteiger partial charge in [0.1, 0.15) is 12.1 Å². The Bertz CT molecular complexity index is 1250. The van der Waals surface area contributed by atoms with Gasteiger partial charge in [-0.3, -0.25) is 0 Å². The summed E-state index contributed by atoms with van der Waals surface area (Å²) in [5.41, 5.74) is 4.31. The van der Waals surface area contributed by atoms with Crippen LogP contribution in [0.1, 0.15) is 23.6 Å². The third kappa shape index (κ3) is 4.76. The molecule has 5 rings (SSSR count). The number of rotatable bonds is 9. The molecular weight excluding hydrogens is 408 g/mol. The van der Waals surface area contributed by atoms with Crippen molar-refractivity contribution in [2.75, 3.05) is 18.4 Å². The van der Waals surface area contributed by atoms with Gasteiger partial charge < -0.3 is 10.6 Å². The number of hydrogen-bond donors (Lipinski definition) is 2. The van der Waals surface area contributed by atoms with Crippen molar-refractivity contribution >= 4 is 16.9 Å². The zero-order chi connectivity index (χ0) is 22.3. The number of para-hydroxylation sites is 1. The molecule has 0 aliphatic heterocycles. The molecule has 6 nitrogen and oxygen atoms in total. The van der Waals surface area contributed by atoms with Crippen molar-refractivity contribution in [3.05, 3.63) is 115 Å². The summed E-state index contributed by atoms with van der Waals surface area (Å²) in [6.07, 6.45) is 4.36. The van der Waals surface area contributed by atoms with Crippen LogP contribution in [0.5, 0.6) is 0 Å². The Morgan fingerprint density at radius 3 is 2.03 bits per heavy atom. The number of benzene rings is 3. The van der Waals surface area contributed by atoms with E-state index in [1.807, 2.05) is 41.2 Å². The number of anilines is 1. The fraction of sp³-hybridized carbons (Fsp3) is 0.148. The first-order chi connectivity index (χ1) is 16.4. The van der Waals surface area contributed by atoms with E-state index < -0.39 is 0 Å². The molecule has 0 aliphatic rings. The van der Waals surface area contributed by atoms with E-state index in [1.165, 1.54) is 11.1 Å². The van der Waals surface area contributed by atoms with Crippen molar-refractivity contribution in [1.29, 1.82) is 0 Å². The van der Waals surface area contributed by atoms with Crippen LogP contribution in [0.25, 0.3) is 16.7 Å². The minimum absolute atomic E-state index is 0.169. The molecule has 0 amide bonds. The van der Waals surface area contributed by atoms with Crippen molar-refractivity contribution in [3.63, 3.8) is 0 Å². The molecule has 3 aromatic carbocycles. The molecule has 2 heterocycles. The van der Waals surface area contributed by atoms with Gasteiger partial charge in [-0.2, -0.15) is 5.10 Å². The summed E-state index contributed by atoms with van der Waals surface area (Å²) in [4.78, 5) is 8.90. The van der Waals surface area contributed by atoms with Gasteiger partial charge in [0.15, 0.2) is 5.65 Å². The van der Waals surface area contributed by atoms with Crippen LogP contribution in [-0.4, -0.2) is 32.8 Å². The van der Waals surface area contributed by atoms with E-state index in [0.717, 1.165) is 42.0 Å². The van der Waals surface area contributed by atoms with Gasteiger partial charge >= 0.3 is 0 Å². The van der Waals surface area contributed by atoms with Crippen LogP contribution < -0.4 is 10.6 Å². The van der Waals surface area contributed by atoms with Crippen LogP contribution >= 0.6 is 0 Å². The first-order valence-electron chi connectivity index (χ1n) is 11.2. The summed E-state index contributed by atoms with van der Waals surface area (Å²) in [5.74, 6) is 0.810. The second kappa shape index (κ2) is 10.1. The maximum absolute atomic E-state index is 4.52. The lowest BCUT2D eigenvalue weighted by Gasteiger charge is -2.20. The number of fused-ring (bicyclic) bond motifs is 1. The van der Waals surface area contributed by atoms with E-state index in [9.17, 15) is 0 Å². The Hall–Kier alpha value is -4.03. The summed E-state index contributed by atoms with van der Waals surface area (Å²) in [6, 6.07) is 31.3. The minimum Gasteiger partial charge on any atom is -0.369 e. The molecule has 0 aliphatic carbocycles. The SMILES string of the molecule is c1ccc(C(NCCCNc2ncnc3c2cnn3-c2ccccc2)c2ccccc2)cc1. The van der Waals surface area contributed by atoms with Gasteiger partial charge in [-0.05, 0) is 36.2 Å². The van der Waals surface area contributed by atoms with Crippen LogP contribution in [0, 0.1) is 0 Å². The number of hydrogen-bond acceptors (Lipinski definition) is 5. The van der Waals surface area contributed by atoms with Crippen molar-refractivity contribution in [3.8, 4) is 5.69 Å². The fourth-order valence-electron chi connectivity index (χ4n) is 4.00. The Labute approximate surface area is 193 Å². The Balaban J connectivity index is 1.23. The van der Waals surface area contributed by atoms with E-state index in [1.54, 1.807) is 6.33 Å². The summed E-state index contributed by atoms with van der Waals surface area (Å²) in [5, 5.41) is 12.6. The Morgan fingerprint density at radius 1 is 0.727 bits per heavy atom. The van der Waals surface area contributed by atoms with E-state index in [-0.39, 0.29) is 6.04 Å². The molecule has 0 unspecified atom stereocenters. The number of aromatic nitrogens is 4. The van der Waals surface area contributed by atoms with Gasteiger partial charge in [-0.25, -0.2) is 14.6 Å². The van der Waals surface area contributed by atoms with Crippen LogP contribution in [0.4, 0.5) is 5.82 Å². The lowest BCUT2D eigenvalue weighted by molar-refractivity contribution is 0.592. The van der Waals surface area contributed by atoms with Gasteiger partial charge in [0.2, 0.25) is 0 Å². The van der Waals surface area contributed by atoms with Crippen molar-refractivity contribution in [1.82, 2.24) is 25.1 Å². The summed E-state index contributed by atoms with van der Waals surface area (Å²) in [7, 11) is 0. The van der Waals surface area contributed by atoms with E-state index in [2.05, 4.69) is 86.4 Å². The summed E-state index contributed by atoms with van der Waals surface area (Å²) >= 11 is 0. The third-order valence-electron chi connectivity index (χ3n) is 5.63. The van der Waals surface area contributed by atoms with E-state index in [0.29, 0.717) is 0 Å². The van der Waals surface area contributed by atoms with Crippen LogP contribution in [0.2, 0.25) is 0 Å². The van der Waals surface area contributed by atoms with Gasteiger partial charge in [0, 0.05) is 6.54 Å². The largest absolute Gasteiger partial charge is 0.369 e. The average molecular weight is 435 g/mol. The quantitative estimate of drug-likeness (QED) is 0.320. The normalized spacial score (nSPS) is 11.2. The van der Waals surface area contributed by atoms with Crippen molar-refractivity contribution < 1.29 is 0 Å². The lowest BCUT2D eigenvalue weighted by Crippen LogP contribution is -2.25. The van der Waals surface area contributed by atoms with Crippen molar-refractivity contribution in [2.45, 2.75) is 12.5 Å². The highest BCUT2D eigenvalue weighted by Gasteiger charge is 2.13. The highest BCUT2D eigenvalue weighted by Crippen LogP contribution is 2.23. The lowest BCUT2D eigenvalue weighted by atomic mass is 9.99. The molecule has 0 fully saturated rings. The Morgan fingerprint density at radius 2 is 1.36 bits per heavy atom. The van der Waals surface area contributed by atoms with Crippen LogP contribution in [0.15, 0.2) is 104 Å². The number of nitrogens with one attached hydrogen (secondary N) is 2. The molecule has 0 bridgehead atoms. The summed E-state index contributed by atoms with van der Waals surface area (Å²) in [6.45, 7) is 1.67. The predicted octanol–water partition coefficient (Wildman–Crippen LogP) is 5.00. The zero-order valence-electron chi connectivity index (χ0n) is 18.3. The fourth-order valence-corrected chi connectivity index (χ4v) is 4.00. The topological polar surface area (TPSA) is 67.7 Å². The number of nitrogens with zero attached hydrogens (tertiary/aromatic N) is 4. The second-order valence-corrected chi connectivity index (χ2v) is 7.84. The molecular formula is C27H26N6. The maximum Gasteiger partial charge on any atom is 0.168 e. The average Bonchev–Trinajstić information content (AvgIpc) is 3.33. The molecule has 0 spiro atoms. The van der Waals surface area contributed by atoms with Gasteiger partial charge in [-0.1, -0.05) is 78.9 Å². The molecule has 0 saturated heterocycles. The van der Waals surface area contributed by atoms with Crippen LogP contribution in [-0.2, 0) is 0 Å². The standard InChI is InChI=1S/C27H26N6/c1-4-11-21(12-5-1)25(22-13-6-2-7-14-22)28-17-10-18-29-26-24-19-32-33(27(24)31-20-30-26)23-15-8-3-9-16-23/h1-9,11-16,19-20,25,28H,10,17-18H2,(H,29,30,31). The molecule has 0 saturated carbocycles. The molecule has 6 heteroatoms. The van der Waals surface area contributed by atoms with Gasteiger partial charge in [0.05, 0.1) is 23.3 Å². The third-order valence-corrected chi connectivity index (χ3v) is 5.63. The highest BCUT2D eigenvalue weighted by molar-refractivity contribution is 5.87. The highest BCUT2D eigenvalue weighted by atomic mass is 15.3. The minimum atomic E-state index is 0.169. The molecule has 0 atom stereocenters. The second-order valence-electron chi connectivity index (χ2n) is 7.84. The summed E-state index contributed by atoms with van der Waals surface area (Å²) < 4.78 is 1.84. The molecule has 2 aromatic heterocycles. The van der Waals surface area contributed by atoms with E-state index in [4.69, 9.17) is 0 Å². The smallest absolute Gasteiger partial charge is 0.168 e. The van der Waals surface area contributed by atoms with Gasteiger partial charge in [-0.15, -0.1) is 0 Å². The maximum atomic E-state index is 4.52. The van der Waals surface area contributed by atoms with Gasteiger partial charge in [0.25, 0.3) is 0 Å². The Kier molecular flexibility index (Phi) is 6.36. The molecule has 2 N–H and O–H groups in total. The van der Waals surface area contributed by atoms with Crippen LogP contribution in [0.3, 0.4) is 0 Å². The van der Waals surface area contributed by atoms with E-state index >= 15 is 0 Å².